The highest BCUT2D eigenvalue weighted by Crippen LogP contribution is 2.19. The van der Waals surface area contributed by atoms with Gasteiger partial charge in [0.25, 0.3) is 0 Å². The SMILES string of the molecule is Cc1nsc(NC(C)c2cccnc2)n1. The molecule has 78 valence electrons. The number of nitrogens with one attached hydrogen (secondary N) is 1. The summed E-state index contributed by atoms with van der Waals surface area (Å²) in [6.07, 6.45) is 3.62. The van der Waals surface area contributed by atoms with Crippen LogP contribution in [0.3, 0.4) is 0 Å². The zero-order valence-electron chi connectivity index (χ0n) is 8.64. The number of aromatic nitrogens is 3. The van der Waals surface area contributed by atoms with Crippen LogP contribution in [0.15, 0.2) is 24.5 Å². The van der Waals surface area contributed by atoms with E-state index in [1.54, 1.807) is 6.20 Å². The van der Waals surface area contributed by atoms with Crippen molar-refractivity contribution in [3.63, 3.8) is 0 Å². The maximum absolute atomic E-state index is 4.25. The number of hydrogen-bond donors (Lipinski definition) is 1. The van der Waals surface area contributed by atoms with Gasteiger partial charge in [0, 0.05) is 23.9 Å². The summed E-state index contributed by atoms with van der Waals surface area (Å²) in [5.74, 6) is 0.806. The molecule has 0 aliphatic rings. The van der Waals surface area contributed by atoms with Gasteiger partial charge in [-0.3, -0.25) is 4.98 Å². The summed E-state index contributed by atoms with van der Waals surface area (Å²) in [5, 5.41) is 4.13. The Morgan fingerprint density at radius 2 is 2.33 bits per heavy atom. The van der Waals surface area contributed by atoms with E-state index in [0.717, 1.165) is 16.5 Å². The Bertz CT molecular complexity index is 426. The van der Waals surface area contributed by atoms with E-state index in [2.05, 4.69) is 26.6 Å². The summed E-state index contributed by atoms with van der Waals surface area (Å²) in [4.78, 5) is 8.33. The van der Waals surface area contributed by atoms with E-state index >= 15 is 0 Å². The molecule has 1 N–H and O–H groups in total. The first kappa shape index (κ1) is 10.0. The van der Waals surface area contributed by atoms with Gasteiger partial charge in [-0.2, -0.15) is 4.37 Å². The molecule has 0 amide bonds. The standard InChI is InChI=1S/C10H12N4S/c1-7(9-4-3-5-11-6-9)12-10-13-8(2)14-15-10/h3-7H,1-2H3,(H,12,13,14). The van der Waals surface area contributed by atoms with Crippen molar-refractivity contribution in [2.24, 2.45) is 0 Å². The second-order valence-electron chi connectivity index (χ2n) is 3.30. The average molecular weight is 220 g/mol. The van der Waals surface area contributed by atoms with Crippen LogP contribution in [0.25, 0.3) is 0 Å². The van der Waals surface area contributed by atoms with Crippen LogP contribution in [0.1, 0.15) is 24.4 Å². The quantitative estimate of drug-likeness (QED) is 0.863. The largest absolute Gasteiger partial charge is 0.354 e. The molecule has 0 aliphatic heterocycles. The van der Waals surface area contributed by atoms with Gasteiger partial charge < -0.3 is 5.32 Å². The van der Waals surface area contributed by atoms with E-state index in [1.165, 1.54) is 11.5 Å². The van der Waals surface area contributed by atoms with Crippen molar-refractivity contribution in [1.82, 2.24) is 14.3 Å². The van der Waals surface area contributed by atoms with Gasteiger partial charge in [0.15, 0.2) is 0 Å². The number of pyridine rings is 1. The van der Waals surface area contributed by atoms with Crippen LogP contribution in [0.5, 0.6) is 0 Å². The predicted molar refractivity (Wildman–Crippen MR) is 60.9 cm³/mol. The molecule has 0 saturated carbocycles. The highest BCUT2D eigenvalue weighted by molar-refractivity contribution is 7.09. The van der Waals surface area contributed by atoms with E-state index in [0.29, 0.717) is 0 Å². The molecule has 0 radical (unpaired) electrons. The number of aryl methyl sites for hydroxylation is 1. The van der Waals surface area contributed by atoms with E-state index in [1.807, 2.05) is 25.3 Å². The van der Waals surface area contributed by atoms with Crippen molar-refractivity contribution in [3.8, 4) is 0 Å². The van der Waals surface area contributed by atoms with E-state index in [-0.39, 0.29) is 6.04 Å². The van der Waals surface area contributed by atoms with Crippen molar-refractivity contribution >= 4 is 16.7 Å². The number of hydrogen-bond acceptors (Lipinski definition) is 5. The smallest absolute Gasteiger partial charge is 0.203 e. The molecule has 0 bridgehead atoms. The van der Waals surface area contributed by atoms with E-state index in [9.17, 15) is 0 Å². The lowest BCUT2D eigenvalue weighted by Crippen LogP contribution is -2.06. The molecule has 2 rings (SSSR count). The molecular formula is C10H12N4S. The second-order valence-corrected chi connectivity index (χ2v) is 4.05. The molecule has 5 heteroatoms. The summed E-state index contributed by atoms with van der Waals surface area (Å²) in [7, 11) is 0. The summed E-state index contributed by atoms with van der Waals surface area (Å²) in [6.45, 7) is 3.96. The van der Waals surface area contributed by atoms with Gasteiger partial charge in [0.05, 0.1) is 6.04 Å². The Morgan fingerprint density at radius 1 is 1.47 bits per heavy atom. The number of rotatable bonds is 3. The Labute approximate surface area is 92.6 Å². The highest BCUT2D eigenvalue weighted by atomic mass is 32.1. The van der Waals surface area contributed by atoms with Crippen LogP contribution in [0.2, 0.25) is 0 Å². The predicted octanol–water partition coefficient (Wildman–Crippen LogP) is 2.41. The van der Waals surface area contributed by atoms with Gasteiger partial charge in [0.1, 0.15) is 5.82 Å². The van der Waals surface area contributed by atoms with E-state index in [4.69, 9.17) is 0 Å². The molecule has 0 aliphatic carbocycles. The molecule has 2 heterocycles. The normalized spacial score (nSPS) is 12.4. The Hall–Kier alpha value is -1.49. The van der Waals surface area contributed by atoms with Crippen molar-refractivity contribution in [3.05, 3.63) is 35.9 Å². The Balaban J connectivity index is 2.07. The molecule has 2 aromatic rings. The second kappa shape index (κ2) is 4.35. The zero-order chi connectivity index (χ0) is 10.7. The first-order valence-electron chi connectivity index (χ1n) is 4.72. The Morgan fingerprint density at radius 3 is 2.93 bits per heavy atom. The molecule has 0 aromatic carbocycles. The molecule has 2 aromatic heterocycles. The molecule has 0 spiro atoms. The summed E-state index contributed by atoms with van der Waals surface area (Å²) < 4.78 is 4.12. The molecular weight excluding hydrogens is 208 g/mol. The van der Waals surface area contributed by atoms with Gasteiger partial charge in [-0.15, -0.1) is 0 Å². The minimum absolute atomic E-state index is 0.200. The lowest BCUT2D eigenvalue weighted by Gasteiger charge is -2.11. The van der Waals surface area contributed by atoms with E-state index < -0.39 is 0 Å². The molecule has 15 heavy (non-hydrogen) atoms. The van der Waals surface area contributed by atoms with Gasteiger partial charge in [-0.25, -0.2) is 4.98 Å². The number of nitrogens with zero attached hydrogens (tertiary/aromatic N) is 3. The third-order valence-electron chi connectivity index (χ3n) is 2.05. The molecule has 0 saturated heterocycles. The maximum Gasteiger partial charge on any atom is 0.203 e. The Kier molecular flexibility index (Phi) is 2.91. The van der Waals surface area contributed by atoms with Crippen molar-refractivity contribution in [2.75, 3.05) is 5.32 Å². The van der Waals surface area contributed by atoms with Gasteiger partial charge in [-0.1, -0.05) is 6.07 Å². The molecule has 1 unspecified atom stereocenters. The van der Waals surface area contributed by atoms with Gasteiger partial charge in [-0.05, 0) is 25.5 Å². The van der Waals surface area contributed by atoms with Crippen molar-refractivity contribution in [2.45, 2.75) is 19.9 Å². The first-order valence-corrected chi connectivity index (χ1v) is 5.50. The van der Waals surface area contributed by atoms with Gasteiger partial charge in [0.2, 0.25) is 5.13 Å². The maximum atomic E-state index is 4.25. The fraction of sp³-hybridized carbons (Fsp3) is 0.300. The monoisotopic (exact) mass is 220 g/mol. The summed E-state index contributed by atoms with van der Waals surface area (Å²) in [6, 6.07) is 4.17. The minimum atomic E-state index is 0.200. The van der Waals surface area contributed by atoms with Crippen LogP contribution in [-0.2, 0) is 0 Å². The summed E-state index contributed by atoms with van der Waals surface area (Å²) in [5.41, 5.74) is 1.14. The lowest BCUT2D eigenvalue weighted by molar-refractivity contribution is 0.871. The third kappa shape index (κ3) is 2.50. The van der Waals surface area contributed by atoms with Gasteiger partial charge >= 0.3 is 0 Å². The minimum Gasteiger partial charge on any atom is -0.354 e. The average Bonchev–Trinajstić information content (AvgIpc) is 2.65. The molecule has 1 atom stereocenters. The molecule has 4 nitrogen and oxygen atoms in total. The lowest BCUT2D eigenvalue weighted by atomic mass is 10.1. The zero-order valence-corrected chi connectivity index (χ0v) is 9.45. The van der Waals surface area contributed by atoms with Crippen LogP contribution in [0.4, 0.5) is 5.13 Å². The number of anilines is 1. The van der Waals surface area contributed by atoms with Crippen LogP contribution in [0, 0.1) is 6.92 Å². The topological polar surface area (TPSA) is 50.7 Å². The first-order chi connectivity index (χ1) is 7.25. The van der Waals surface area contributed by atoms with Crippen LogP contribution < -0.4 is 5.32 Å². The van der Waals surface area contributed by atoms with Crippen LogP contribution in [-0.4, -0.2) is 14.3 Å². The van der Waals surface area contributed by atoms with Crippen molar-refractivity contribution < 1.29 is 0 Å². The highest BCUT2D eigenvalue weighted by Gasteiger charge is 2.07. The van der Waals surface area contributed by atoms with Crippen molar-refractivity contribution in [1.29, 1.82) is 0 Å². The third-order valence-corrected chi connectivity index (χ3v) is 2.79. The fourth-order valence-corrected chi connectivity index (χ4v) is 1.92. The fourth-order valence-electron chi connectivity index (χ4n) is 1.26. The van der Waals surface area contributed by atoms with Crippen LogP contribution >= 0.6 is 11.5 Å². The summed E-state index contributed by atoms with van der Waals surface area (Å²) >= 11 is 1.38. The molecule has 0 fully saturated rings.